The average molecular weight is 562 g/mol. The quantitative estimate of drug-likeness (QED) is 0.0999. The predicted octanol–water partition coefficient (Wildman–Crippen LogP) is 5.36. The minimum absolute atomic E-state index is 0.172. The highest BCUT2D eigenvalue weighted by molar-refractivity contribution is 5.70. The van der Waals surface area contributed by atoms with Gasteiger partial charge in [0.1, 0.15) is 31.0 Å². The molecule has 3 aromatic rings. The molecule has 0 radical (unpaired) electrons. The van der Waals surface area contributed by atoms with Crippen LogP contribution in [0.1, 0.15) is 23.6 Å². The fourth-order valence-corrected chi connectivity index (χ4v) is 4.49. The van der Waals surface area contributed by atoms with Crippen molar-refractivity contribution in [2.75, 3.05) is 19.8 Å². The van der Waals surface area contributed by atoms with Crippen LogP contribution < -0.4 is 0 Å². The molecule has 5 atom stereocenters. The highest BCUT2D eigenvalue weighted by atomic mass is 16.6. The number of azide groups is 1. The van der Waals surface area contributed by atoms with Crippen molar-refractivity contribution in [2.45, 2.75) is 57.4 Å². The number of rotatable bonds is 16. The lowest BCUT2D eigenvalue weighted by Gasteiger charge is -2.29. The summed E-state index contributed by atoms with van der Waals surface area (Å²) in [5.41, 5.74) is 12.2. The van der Waals surface area contributed by atoms with Gasteiger partial charge >= 0.3 is 5.97 Å². The molecular formula is C31H35N3O7. The molecule has 10 heteroatoms. The molecule has 1 heterocycles. The normalized spacial score (nSPS) is 20.7. The molecular weight excluding hydrogens is 526 g/mol. The van der Waals surface area contributed by atoms with Crippen molar-refractivity contribution in [3.63, 3.8) is 0 Å². The Morgan fingerprint density at radius 1 is 0.854 bits per heavy atom. The lowest BCUT2D eigenvalue weighted by molar-refractivity contribution is -0.156. The van der Waals surface area contributed by atoms with Crippen molar-refractivity contribution in [3.05, 3.63) is 118 Å². The summed E-state index contributed by atoms with van der Waals surface area (Å²) in [5.74, 6) is -0.541. The molecule has 1 saturated heterocycles. The minimum atomic E-state index is -1.06. The Morgan fingerprint density at radius 2 is 1.44 bits per heavy atom. The zero-order chi connectivity index (χ0) is 28.7. The number of hydrogen-bond acceptors (Lipinski definition) is 8. The van der Waals surface area contributed by atoms with Crippen LogP contribution in [0.5, 0.6) is 0 Å². The highest BCUT2D eigenvalue weighted by Gasteiger charge is 2.50. The molecule has 4 rings (SSSR count). The summed E-state index contributed by atoms with van der Waals surface area (Å²) in [6.45, 7) is 2.66. The van der Waals surface area contributed by atoms with E-state index >= 15 is 0 Å². The van der Waals surface area contributed by atoms with Gasteiger partial charge in [-0.2, -0.15) is 0 Å². The molecule has 1 aliphatic heterocycles. The van der Waals surface area contributed by atoms with Gasteiger partial charge in [-0.05, 0) is 29.1 Å². The maximum Gasteiger partial charge on any atom is 0.332 e. The van der Waals surface area contributed by atoms with Crippen LogP contribution in [0.25, 0.3) is 10.4 Å². The van der Waals surface area contributed by atoms with Crippen molar-refractivity contribution >= 4 is 5.97 Å². The van der Waals surface area contributed by atoms with Gasteiger partial charge < -0.3 is 28.4 Å². The van der Waals surface area contributed by atoms with Crippen molar-refractivity contribution < 1.29 is 33.2 Å². The summed E-state index contributed by atoms with van der Waals surface area (Å²) in [4.78, 5) is 15.1. The molecule has 10 nitrogen and oxygen atoms in total. The fourth-order valence-electron chi connectivity index (χ4n) is 4.49. The number of carbonyl (C=O) groups excluding carboxylic acids is 1. The van der Waals surface area contributed by atoms with Crippen molar-refractivity contribution in [2.24, 2.45) is 5.11 Å². The number of ether oxygens (including phenoxy) is 6. The van der Waals surface area contributed by atoms with Crippen LogP contribution in [-0.4, -0.2) is 56.4 Å². The van der Waals surface area contributed by atoms with E-state index < -0.39 is 36.6 Å². The Hall–Kier alpha value is -3.76. The van der Waals surface area contributed by atoms with Crippen molar-refractivity contribution in [3.8, 4) is 0 Å². The standard InChI is InChI=1S/C31H35N3O7/c1-2-37-27(35)22-40-30-29(39-20-25-16-10-5-11-17-25)28(41-31(30)33-34-32)26(38-19-24-14-8-4-9-15-24)21-36-18-23-12-6-3-7-13-23/h3-17,26,28-31H,2,18-22H2,1H3/t26-,28-,29+,30+,31+/m1/s1. The summed E-state index contributed by atoms with van der Waals surface area (Å²) in [5, 5.41) is 3.82. The molecule has 0 unspecified atom stereocenters. The number of nitrogens with zero attached hydrogens (tertiary/aromatic N) is 3. The summed E-state index contributed by atoms with van der Waals surface area (Å²) >= 11 is 0. The van der Waals surface area contributed by atoms with Gasteiger partial charge in [0.15, 0.2) is 6.23 Å². The molecule has 0 bridgehead atoms. The fraction of sp³-hybridized carbons (Fsp3) is 0.387. The molecule has 0 N–H and O–H groups in total. The third-order valence-corrected chi connectivity index (χ3v) is 6.44. The lowest BCUT2D eigenvalue weighted by atomic mass is 10.0. The highest BCUT2D eigenvalue weighted by Crippen LogP contribution is 2.32. The topological polar surface area (TPSA) is 121 Å². The van der Waals surface area contributed by atoms with Gasteiger partial charge in [-0.3, -0.25) is 0 Å². The van der Waals surface area contributed by atoms with Gasteiger partial charge in [0.2, 0.25) is 0 Å². The zero-order valence-corrected chi connectivity index (χ0v) is 23.0. The van der Waals surface area contributed by atoms with E-state index in [0.717, 1.165) is 16.7 Å². The molecule has 41 heavy (non-hydrogen) atoms. The summed E-state index contributed by atoms with van der Waals surface area (Å²) in [6, 6.07) is 29.2. The predicted molar refractivity (Wildman–Crippen MR) is 150 cm³/mol. The molecule has 0 aromatic heterocycles. The third kappa shape index (κ3) is 9.40. The Labute approximate surface area is 239 Å². The van der Waals surface area contributed by atoms with Crippen molar-refractivity contribution in [1.29, 1.82) is 0 Å². The second kappa shape index (κ2) is 16.5. The Balaban J connectivity index is 1.57. The van der Waals surface area contributed by atoms with Crippen LogP contribution in [0.4, 0.5) is 0 Å². The van der Waals surface area contributed by atoms with Gasteiger partial charge in [0.05, 0.1) is 33.0 Å². The van der Waals surface area contributed by atoms with E-state index in [-0.39, 0.29) is 26.4 Å². The van der Waals surface area contributed by atoms with E-state index in [4.69, 9.17) is 28.4 Å². The van der Waals surface area contributed by atoms with Gasteiger partial charge in [0.25, 0.3) is 0 Å². The Bertz CT molecular complexity index is 1230. The smallest absolute Gasteiger partial charge is 0.332 e. The van der Waals surface area contributed by atoms with Crippen LogP contribution in [0.15, 0.2) is 96.1 Å². The Morgan fingerprint density at radius 3 is 2.02 bits per heavy atom. The molecule has 0 spiro atoms. The summed E-state index contributed by atoms with van der Waals surface area (Å²) in [6.07, 6.45) is -4.05. The van der Waals surface area contributed by atoms with E-state index in [1.165, 1.54) is 0 Å². The Kier molecular flexibility index (Phi) is 12.1. The first-order chi connectivity index (χ1) is 20.2. The zero-order valence-electron chi connectivity index (χ0n) is 23.0. The van der Waals surface area contributed by atoms with Crippen LogP contribution in [0, 0.1) is 0 Å². The van der Waals surface area contributed by atoms with Gasteiger partial charge in [-0.25, -0.2) is 4.79 Å². The molecule has 1 fully saturated rings. The van der Waals surface area contributed by atoms with E-state index in [2.05, 4.69) is 10.0 Å². The first-order valence-electron chi connectivity index (χ1n) is 13.6. The molecule has 0 amide bonds. The molecule has 1 aliphatic rings. The molecule has 216 valence electrons. The first kappa shape index (κ1) is 30.2. The maximum atomic E-state index is 12.1. The van der Waals surface area contributed by atoms with Crippen LogP contribution in [0.2, 0.25) is 0 Å². The van der Waals surface area contributed by atoms with Crippen LogP contribution in [0.3, 0.4) is 0 Å². The van der Waals surface area contributed by atoms with E-state index in [0.29, 0.717) is 13.2 Å². The van der Waals surface area contributed by atoms with E-state index in [9.17, 15) is 10.3 Å². The van der Waals surface area contributed by atoms with E-state index in [1.54, 1.807) is 6.92 Å². The van der Waals surface area contributed by atoms with E-state index in [1.807, 2.05) is 91.0 Å². The number of hydrogen-bond donors (Lipinski definition) is 0. The monoisotopic (exact) mass is 561 g/mol. The van der Waals surface area contributed by atoms with Crippen molar-refractivity contribution in [1.82, 2.24) is 0 Å². The number of esters is 1. The van der Waals surface area contributed by atoms with Gasteiger partial charge in [0, 0.05) is 4.91 Å². The summed E-state index contributed by atoms with van der Waals surface area (Å²) < 4.78 is 36.0. The second-order valence-corrected chi connectivity index (χ2v) is 9.37. The first-order valence-corrected chi connectivity index (χ1v) is 13.6. The summed E-state index contributed by atoms with van der Waals surface area (Å²) in [7, 11) is 0. The second-order valence-electron chi connectivity index (χ2n) is 9.37. The average Bonchev–Trinajstić information content (AvgIpc) is 3.35. The largest absolute Gasteiger partial charge is 0.464 e. The molecule has 0 saturated carbocycles. The van der Waals surface area contributed by atoms with Gasteiger partial charge in [-0.1, -0.05) is 96.1 Å². The number of benzene rings is 3. The molecule has 0 aliphatic carbocycles. The number of carbonyl (C=O) groups is 1. The maximum absolute atomic E-state index is 12.1. The lowest BCUT2D eigenvalue weighted by Crippen LogP contribution is -2.45. The molecule has 3 aromatic carbocycles. The van der Waals surface area contributed by atoms with Gasteiger partial charge in [-0.15, -0.1) is 0 Å². The third-order valence-electron chi connectivity index (χ3n) is 6.44. The minimum Gasteiger partial charge on any atom is -0.464 e. The SMILES string of the molecule is CCOC(=O)CO[C@H]1[C@@H](OCc2ccccc2)[C@@H]([C@@H](COCc2ccccc2)OCc2ccccc2)O[C@@H]1N=[N+]=[N-]. The van der Waals surface area contributed by atoms with Crippen LogP contribution >= 0.6 is 0 Å². The van der Waals surface area contributed by atoms with Crippen LogP contribution in [-0.2, 0) is 53.0 Å².